The molecule has 0 saturated carbocycles. The highest BCUT2D eigenvalue weighted by atomic mass is 19.4. The van der Waals surface area contributed by atoms with Crippen molar-refractivity contribution in [2.75, 3.05) is 5.32 Å². The first-order valence-electron chi connectivity index (χ1n) is 5.81. The topological polar surface area (TPSA) is 42.0 Å². The maximum absolute atomic E-state index is 12.5. The first-order valence-corrected chi connectivity index (χ1v) is 5.81. The van der Waals surface area contributed by atoms with Crippen LogP contribution < -0.4 is 5.32 Å². The van der Waals surface area contributed by atoms with E-state index in [4.69, 9.17) is 0 Å². The summed E-state index contributed by atoms with van der Waals surface area (Å²) in [5.41, 5.74) is 0.458. The summed E-state index contributed by atoms with van der Waals surface area (Å²) in [6.45, 7) is 0.327. The van der Waals surface area contributed by atoms with Crippen LogP contribution >= 0.6 is 0 Å². The Bertz CT molecular complexity index is 594. The molecule has 2 aromatic rings. The Hall–Kier alpha value is -2.37. The summed E-state index contributed by atoms with van der Waals surface area (Å²) in [4.78, 5) is 14.0. The number of halogens is 3. The van der Waals surface area contributed by atoms with Gasteiger partial charge in [-0.25, -0.2) is 4.98 Å². The molecule has 1 aromatic heterocycles. The fourth-order valence-corrected chi connectivity index (χ4v) is 1.60. The van der Waals surface area contributed by atoms with Gasteiger partial charge in [-0.1, -0.05) is 30.3 Å². The van der Waals surface area contributed by atoms with Gasteiger partial charge in [0.25, 0.3) is 0 Å². The molecule has 104 valence electrons. The van der Waals surface area contributed by atoms with Crippen LogP contribution in [0.25, 0.3) is 0 Å². The van der Waals surface area contributed by atoms with Gasteiger partial charge in [-0.05, 0) is 17.7 Å². The second kappa shape index (κ2) is 5.73. The third-order valence-corrected chi connectivity index (χ3v) is 2.63. The van der Waals surface area contributed by atoms with E-state index in [1.54, 1.807) is 24.3 Å². The number of aromatic nitrogens is 1. The largest absolute Gasteiger partial charge is 0.433 e. The molecule has 0 spiro atoms. The fraction of sp³-hybridized carbons (Fsp3) is 0.143. The molecular weight excluding hydrogens is 269 g/mol. The minimum atomic E-state index is -4.46. The zero-order valence-corrected chi connectivity index (χ0v) is 10.3. The second-order valence-electron chi connectivity index (χ2n) is 4.12. The number of carbonyl (C=O) groups excluding carboxylic acids is 1. The van der Waals surface area contributed by atoms with Gasteiger partial charge in [0.1, 0.15) is 17.8 Å². The summed E-state index contributed by atoms with van der Waals surface area (Å²) >= 11 is 0. The zero-order chi connectivity index (χ0) is 14.6. The van der Waals surface area contributed by atoms with Crippen molar-refractivity contribution in [1.29, 1.82) is 0 Å². The van der Waals surface area contributed by atoms with E-state index in [-0.39, 0.29) is 5.82 Å². The van der Waals surface area contributed by atoms with E-state index in [2.05, 4.69) is 10.3 Å². The van der Waals surface area contributed by atoms with Crippen molar-refractivity contribution in [2.45, 2.75) is 12.7 Å². The summed E-state index contributed by atoms with van der Waals surface area (Å²) in [5, 5.41) is 2.81. The monoisotopic (exact) mass is 280 g/mol. The Balaban J connectivity index is 2.05. The molecule has 3 nitrogen and oxygen atoms in total. The Labute approximate surface area is 113 Å². The molecule has 0 saturated heterocycles. The van der Waals surface area contributed by atoms with Gasteiger partial charge in [-0.15, -0.1) is 0 Å². The number of anilines is 1. The molecule has 0 radical (unpaired) electrons. The van der Waals surface area contributed by atoms with Crippen molar-refractivity contribution in [3.63, 3.8) is 0 Å². The lowest BCUT2D eigenvalue weighted by atomic mass is 10.1. The molecule has 6 heteroatoms. The van der Waals surface area contributed by atoms with Crippen LogP contribution in [0.5, 0.6) is 0 Å². The van der Waals surface area contributed by atoms with Crippen molar-refractivity contribution >= 4 is 12.1 Å². The number of nitrogens with one attached hydrogen (secondary N) is 1. The lowest BCUT2D eigenvalue weighted by Crippen LogP contribution is -2.10. The van der Waals surface area contributed by atoms with Crippen LogP contribution in [0.3, 0.4) is 0 Å². The molecule has 1 N–H and O–H groups in total. The summed E-state index contributed by atoms with van der Waals surface area (Å²) in [6.07, 6.45) is -3.73. The number of aldehydes is 1. The van der Waals surface area contributed by atoms with Crippen molar-refractivity contribution in [3.8, 4) is 0 Å². The van der Waals surface area contributed by atoms with Crippen LogP contribution in [0, 0.1) is 0 Å². The van der Waals surface area contributed by atoms with Gasteiger partial charge in [-0.3, -0.25) is 4.79 Å². The molecule has 0 unspecified atom stereocenters. The molecule has 0 aliphatic heterocycles. The van der Waals surface area contributed by atoms with Crippen molar-refractivity contribution in [1.82, 2.24) is 4.98 Å². The normalized spacial score (nSPS) is 11.2. The SMILES string of the molecule is O=Cc1ccc(CNc2cccc(C(F)(F)F)n2)cc1. The fourth-order valence-electron chi connectivity index (χ4n) is 1.60. The lowest BCUT2D eigenvalue weighted by molar-refractivity contribution is -0.141. The smallest absolute Gasteiger partial charge is 0.366 e. The molecule has 0 amide bonds. The lowest BCUT2D eigenvalue weighted by Gasteiger charge is -2.09. The molecule has 0 aliphatic carbocycles. The Kier molecular flexibility index (Phi) is 4.02. The van der Waals surface area contributed by atoms with E-state index < -0.39 is 11.9 Å². The van der Waals surface area contributed by atoms with Gasteiger partial charge in [0.05, 0.1) is 0 Å². The number of hydrogen-bond acceptors (Lipinski definition) is 3. The first kappa shape index (κ1) is 14.0. The van der Waals surface area contributed by atoms with Crippen LogP contribution in [0.15, 0.2) is 42.5 Å². The van der Waals surface area contributed by atoms with E-state index in [0.717, 1.165) is 17.9 Å². The second-order valence-corrected chi connectivity index (χ2v) is 4.12. The van der Waals surface area contributed by atoms with Crippen LogP contribution in [0.2, 0.25) is 0 Å². The van der Waals surface area contributed by atoms with Crippen molar-refractivity contribution in [3.05, 3.63) is 59.3 Å². The third kappa shape index (κ3) is 3.57. The summed E-state index contributed by atoms with van der Waals surface area (Å²) < 4.78 is 37.5. The Morgan fingerprint density at radius 2 is 1.80 bits per heavy atom. The highest BCUT2D eigenvalue weighted by Gasteiger charge is 2.32. The predicted molar refractivity (Wildman–Crippen MR) is 68.4 cm³/mol. The maximum atomic E-state index is 12.5. The number of alkyl halides is 3. The number of pyridine rings is 1. The van der Waals surface area contributed by atoms with E-state index in [1.807, 2.05) is 0 Å². The number of nitrogens with zero attached hydrogens (tertiary/aromatic N) is 1. The zero-order valence-electron chi connectivity index (χ0n) is 10.3. The summed E-state index contributed by atoms with van der Waals surface area (Å²) in [5.74, 6) is 0.152. The summed E-state index contributed by atoms with van der Waals surface area (Å²) in [7, 11) is 0. The molecular formula is C14H11F3N2O. The predicted octanol–water partition coefficient (Wildman–Crippen LogP) is 3.53. The van der Waals surface area contributed by atoms with E-state index in [9.17, 15) is 18.0 Å². The molecule has 1 aromatic carbocycles. The Morgan fingerprint density at radius 3 is 2.40 bits per heavy atom. The van der Waals surface area contributed by atoms with E-state index >= 15 is 0 Å². The summed E-state index contributed by atoms with van der Waals surface area (Å²) in [6, 6.07) is 10.4. The molecule has 0 aliphatic rings. The standard InChI is InChI=1S/C14H11F3N2O/c15-14(16,17)12-2-1-3-13(19-12)18-8-10-4-6-11(9-20)7-5-10/h1-7,9H,8H2,(H,18,19). The van der Waals surface area contributed by atoms with Crippen LogP contribution in [-0.2, 0) is 12.7 Å². The third-order valence-electron chi connectivity index (χ3n) is 2.63. The maximum Gasteiger partial charge on any atom is 0.433 e. The number of carbonyl (C=O) groups is 1. The van der Waals surface area contributed by atoms with Gasteiger partial charge in [0.15, 0.2) is 0 Å². The van der Waals surface area contributed by atoms with Gasteiger partial charge >= 0.3 is 6.18 Å². The van der Waals surface area contributed by atoms with E-state index in [1.165, 1.54) is 12.1 Å². The Morgan fingerprint density at radius 1 is 1.10 bits per heavy atom. The van der Waals surface area contributed by atoms with Crippen molar-refractivity contribution in [2.24, 2.45) is 0 Å². The van der Waals surface area contributed by atoms with Crippen LogP contribution in [0.4, 0.5) is 19.0 Å². The average Bonchev–Trinajstić information content (AvgIpc) is 2.45. The highest BCUT2D eigenvalue weighted by molar-refractivity contribution is 5.74. The average molecular weight is 280 g/mol. The van der Waals surface area contributed by atoms with Gasteiger partial charge < -0.3 is 5.32 Å². The van der Waals surface area contributed by atoms with Gasteiger partial charge in [0, 0.05) is 12.1 Å². The quantitative estimate of drug-likeness (QED) is 0.871. The van der Waals surface area contributed by atoms with Crippen LogP contribution in [0.1, 0.15) is 21.6 Å². The molecule has 2 rings (SSSR count). The molecule has 0 fully saturated rings. The number of rotatable bonds is 4. The molecule has 20 heavy (non-hydrogen) atoms. The van der Waals surface area contributed by atoms with Crippen molar-refractivity contribution < 1.29 is 18.0 Å². The molecule has 0 atom stereocenters. The first-order chi connectivity index (χ1) is 9.49. The van der Waals surface area contributed by atoms with Gasteiger partial charge in [0.2, 0.25) is 0 Å². The van der Waals surface area contributed by atoms with Gasteiger partial charge in [-0.2, -0.15) is 13.2 Å². The minimum absolute atomic E-state index is 0.152. The molecule has 0 bridgehead atoms. The number of hydrogen-bond donors (Lipinski definition) is 1. The van der Waals surface area contributed by atoms with Crippen LogP contribution in [-0.4, -0.2) is 11.3 Å². The number of benzene rings is 1. The molecule has 1 heterocycles. The minimum Gasteiger partial charge on any atom is -0.366 e. The highest BCUT2D eigenvalue weighted by Crippen LogP contribution is 2.28. The van der Waals surface area contributed by atoms with E-state index in [0.29, 0.717) is 12.1 Å².